The van der Waals surface area contributed by atoms with Crippen molar-refractivity contribution in [3.8, 4) is 0 Å². The van der Waals surface area contributed by atoms with Crippen molar-refractivity contribution < 1.29 is 0 Å². The Hall–Kier alpha value is -3.16. The zero-order valence-corrected chi connectivity index (χ0v) is 21.1. The molecule has 1 unspecified atom stereocenters. The second-order valence-corrected chi connectivity index (χ2v) is 9.28. The van der Waals surface area contributed by atoms with Gasteiger partial charge in [0.05, 0.1) is 0 Å². The van der Waals surface area contributed by atoms with Crippen LogP contribution in [0.3, 0.4) is 0 Å². The molecule has 35 heavy (non-hydrogen) atoms. The number of allylic oxidation sites excluding steroid dienone is 2. The first-order valence-corrected chi connectivity index (χ1v) is 12.7. The van der Waals surface area contributed by atoms with Gasteiger partial charge in [-0.25, -0.2) is 4.98 Å². The number of hydrogen-bond acceptors (Lipinski definition) is 7. The van der Waals surface area contributed by atoms with Gasteiger partial charge in [0.2, 0.25) is 5.95 Å². The molecule has 1 aromatic heterocycles. The standard InChI is InChI=1S/C28H34N6S/c1-21-5-11-24(12-6-21)32-27-16-18-30-28(34-27)33-25-13-9-22(10-14-25)7-8-23(15-19-31-35)20-26-4-2-3-17-29-26/h4-6,9-14,16-18,23,31,35H,2-3,7-8,15,19-20H2,1H3,(H2,30,32,33,34). The Labute approximate surface area is 214 Å². The van der Waals surface area contributed by atoms with Crippen LogP contribution < -0.4 is 15.4 Å². The van der Waals surface area contributed by atoms with E-state index in [4.69, 9.17) is 0 Å². The lowest BCUT2D eigenvalue weighted by atomic mass is 9.91. The highest BCUT2D eigenvalue weighted by Gasteiger charge is 2.12. The van der Waals surface area contributed by atoms with Crippen LogP contribution in [0, 0.1) is 12.8 Å². The molecule has 4 rings (SSSR count). The molecule has 0 saturated heterocycles. The number of anilines is 4. The predicted molar refractivity (Wildman–Crippen MR) is 150 cm³/mol. The lowest BCUT2D eigenvalue weighted by Crippen LogP contribution is -2.12. The lowest BCUT2D eigenvalue weighted by molar-refractivity contribution is 0.446. The van der Waals surface area contributed by atoms with Crippen LogP contribution in [-0.4, -0.2) is 22.7 Å². The minimum Gasteiger partial charge on any atom is -0.340 e. The third kappa shape index (κ3) is 8.23. The number of aliphatic imine (C=N–C) groups is 1. The fourth-order valence-corrected chi connectivity index (χ4v) is 4.26. The topological polar surface area (TPSA) is 74.2 Å². The summed E-state index contributed by atoms with van der Waals surface area (Å²) in [6, 6.07) is 18.7. The van der Waals surface area contributed by atoms with Crippen molar-refractivity contribution in [2.75, 3.05) is 17.2 Å². The van der Waals surface area contributed by atoms with Crippen molar-refractivity contribution in [3.05, 3.63) is 83.7 Å². The third-order valence-electron chi connectivity index (χ3n) is 6.13. The summed E-state index contributed by atoms with van der Waals surface area (Å²) in [7, 11) is 0. The number of aromatic nitrogens is 2. The number of rotatable bonds is 12. The van der Waals surface area contributed by atoms with Gasteiger partial charge in [0, 0.05) is 36.0 Å². The second-order valence-electron chi connectivity index (χ2n) is 8.97. The Bertz CT molecular complexity index is 1120. The monoisotopic (exact) mass is 486 g/mol. The van der Waals surface area contributed by atoms with E-state index in [0.717, 1.165) is 62.3 Å². The Kier molecular flexibility index (Phi) is 9.32. The molecule has 7 heteroatoms. The fourth-order valence-electron chi connectivity index (χ4n) is 4.14. The molecule has 0 spiro atoms. The Morgan fingerprint density at radius 2 is 1.69 bits per heavy atom. The molecule has 0 fully saturated rings. The number of aryl methyl sites for hydroxylation is 2. The maximum Gasteiger partial charge on any atom is 0.229 e. The van der Waals surface area contributed by atoms with Crippen LogP contribution in [0.25, 0.3) is 0 Å². The van der Waals surface area contributed by atoms with Gasteiger partial charge in [-0.1, -0.05) is 48.7 Å². The summed E-state index contributed by atoms with van der Waals surface area (Å²) in [4.78, 5) is 13.5. The van der Waals surface area contributed by atoms with E-state index in [2.05, 4.69) is 92.5 Å². The number of hydrogen-bond donors (Lipinski definition) is 4. The molecule has 2 heterocycles. The highest BCUT2D eigenvalue weighted by molar-refractivity contribution is 7.78. The van der Waals surface area contributed by atoms with E-state index in [-0.39, 0.29) is 0 Å². The average molecular weight is 487 g/mol. The summed E-state index contributed by atoms with van der Waals surface area (Å²) in [6.07, 6.45) is 12.6. The maximum absolute atomic E-state index is 4.59. The highest BCUT2D eigenvalue weighted by Crippen LogP contribution is 2.25. The summed E-state index contributed by atoms with van der Waals surface area (Å²) >= 11 is 4.17. The summed E-state index contributed by atoms with van der Waals surface area (Å²) in [5.74, 6) is 1.91. The number of nitrogens with one attached hydrogen (secondary N) is 3. The minimum atomic E-state index is 0.565. The Morgan fingerprint density at radius 3 is 2.43 bits per heavy atom. The minimum absolute atomic E-state index is 0.565. The normalized spacial score (nSPS) is 13.8. The van der Waals surface area contributed by atoms with Crippen LogP contribution in [0.15, 0.2) is 77.6 Å². The summed E-state index contributed by atoms with van der Waals surface area (Å²) in [5.41, 5.74) is 5.76. The van der Waals surface area contributed by atoms with Crippen molar-refractivity contribution in [3.63, 3.8) is 0 Å². The van der Waals surface area contributed by atoms with Crippen LogP contribution in [0.4, 0.5) is 23.1 Å². The van der Waals surface area contributed by atoms with Crippen molar-refractivity contribution in [1.29, 1.82) is 0 Å². The largest absolute Gasteiger partial charge is 0.340 e. The van der Waals surface area contributed by atoms with Crippen LogP contribution in [0.1, 0.15) is 43.2 Å². The molecule has 1 aliphatic rings. The van der Waals surface area contributed by atoms with Crippen molar-refractivity contribution in [2.24, 2.45) is 10.9 Å². The Morgan fingerprint density at radius 1 is 0.914 bits per heavy atom. The van der Waals surface area contributed by atoms with Crippen LogP contribution in [-0.2, 0) is 6.42 Å². The second kappa shape index (κ2) is 13.1. The lowest BCUT2D eigenvalue weighted by Gasteiger charge is -2.18. The van der Waals surface area contributed by atoms with Crippen molar-refractivity contribution in [1.82, 2.24) is 14.7 Å². The van der Waals surface area contributed by atoms with Gasteiger partial charge < -0.3 is 10.6 Å². The van der Waals surface area contributed by atoms with Gasteiger partial charge in [-0.3, -0.25) is 9.71 Å². The van der Waals surface area contributed by atoms with E-state index in [1.54, 1.807) is 6.20 Å². The van der Waals surface area contributed by atoms with E-state index in [1.807, 2.05) is 24.4 Å². The molecule has 0 saturated carbocycles. The van der Waals surface area contributed by atoms with Gasteiger partial charge in [-0.15, -0.1) is 0 Å². The molecule has 1 atom stereocenters. The van der Waals surface area contributed by atoms with E-state index in [0.29, 0.717) is 11.9 Å². The first kappa shape index (κ1) is 24.9. The molecular formula is C28H34N6S. The molecule has 2 aromatic carbocycles. The van der Waals surface area contributed by atoms with Crippen LogP contribution >= 0.6 is 12.8 Å². The predicted octanol–water partition coefficient (Wildman–Crippen LogP) is 6.78. The summed E-state index contributed by atoms with van der Waals surface area (Å²) in [6.45, 7) is 2.98. The van der Waals surface area contributed by atoms with Gasteiger partial charge in [0.25, 0.3) is 0 Å². The molecule has 1 aliphatic heterocycles. The molecule has 0 amide bonds. The van der Waals surface area contributed by atoms with E-state index in [9.17, 15) is 0 Å². The molecular weight excluding hydrogens is 452 g/mol. The smallest absolute Gasteiger partial charge is 0.229 e. The molecule has 0 aliphatic carbocycles. The third-order valence-corrected chi connectivity index (χ3v) is 6.35. The number of thiol groups is 1. The molecule has 0 radical (unpaired) electrons. The van der Waals surface area contributed by atoms with Gasteiger partial charge in [0.15, 0.2) is 0 Å². The van der Waals surface area contributed by atoms with E-state index in [1.165, 1.54) is 16.8 Å². The van der Waals surface area contributed by atoms with Crippen LogP contribution in [0.2, 0.25) is 0 Å². The maximum atomic E-state index is 4.59. The van der Waals surface area contributed by atoms with Gasteiger partial charge in [-0.05, 0) is 87.3 Å². The van der Waals surface area contributed by atoms with Crippen molar-refractivity contribution >= 4 is 42.2 Å². The SMILES string of the molecule is Cc1ccc(Nc2ccnc(Nc3ccc(CCC(CCNS)CC4=CCCC=N4)cc3)n2)cc1. The molecule has 182 valence electrons. The molecule has 3 N–H and O–H groups in total. The first-order chi connectivity index (χ1) is 17.2. The van der Waals surface area contributed by atoms with Gasteiger partial charge in [-0.2, -0.15) is 4.98 Å². The number of benzene rings is 2. The zero-order chi connectivity index (χ0) is 24.3. The average Bonchev–Trinajstić information content (AvgIpc) is 2.89. The highest BCUT2D eigenvalue weighted by atomic mass is 32.1. The summed E-state index contributed by atoms with van der Waals surface area (Å²) < 4.78 is 3.00. The molecule has 6 nitrogen and oxygen atoms in total. The quantitative estimate of drug-likeness (QED) is 0.212. The molecule has 0 bridgehead atoms. The Balaban J connectivity index is 1.31. The first-order valence-electron chi connectivity index (χ1n) is 12.3. The van der Waals surface area contributed by atoms with Gasteiger partial charge in [0.1, 0.15) is 5.82 Å². The summed E-state index contributed by atoms with van der Waals surface area (Å²) in [5, 5.41) is 6.64. The van der Waals surface area contributed by atoms with Crippen molar-refractivity contribution in [2.45, 2.75) is 45.4 Å². The van der Waals surface area contributed by atoms with E-state index < -0.39 is 0 Å². The number of nitrogens with zero attached hydrogens (tertiary/aromatic N) is 3. The van der Waals surface area contributed by atoms with Gasteiger partial charge >= 0.3 is 0 Å². The fraction of sp³-hybridized carbons (Fsp3) is 0.321. The molecule has 3 aromatic rings. The zero-order valence-electron chi connectivity index (χ0n) is 20.2. The van der Waals surface area contributed by atoms with E-state index >= 15 is 0 Å². The van der Waals surface area contributed by atoms with Crippen LogP contribution in [0.5, 0.6) is 0 Å².